The maximum atomic E-state index is 4.14. The van der Waals surface area contributed by atoms with Crippen LogP contribution in [0.3, 0.4) is 0 Å². The zero-order valence-corrected chi connectivity index (χ0v) is 6.87. The average molecular weight is 200 g/mol. The molecule has 1 aromatic rings. The van der Waals surface area contributed by atoms with Gasteiger partial charge in [0.05, 0.1) is 29.5 Å². The fourth-order valence-corrected chi connectivity index (χ4v) is 1.38. The molecule has 2 heterocycles. The highest BCUT2D eigenvalue weighted by Crippen LogP contribution is 2.15. The highest BCUT2D eigenvalue weighted by Gasteiger charge is 2.07. The Morgan fingerprint density at radius 2 is 2.50 bits per heavy atom. The number of hydrogen-bond donors (Lipinski definition) is 0. The van der Waals surface area contributed by atoms with Gasteiger partial charge in [-0.05, 0) is 15.9 Å². The summed E-state index contributed by atoms with van der Waals surface area (Å²) < 4.78 is 2.97. The van der Waals surface area contributed by atoms with Crippen molar-refractivity contribution >= 4 is 22.1 Å². The van der Waals surface area contributed by atoms with E-state index < -0.39 is 0 Å². The predicted octanol–water partition coefficient (Wildman–Crippen LogP) is 1.08. The summed E-state index contributed by atoms with van der Waals surface area (Å²) in [5, 5.41) is 4.13. The minimum absolute atomic E-state index is 0.848. The molecule has 0 aromatic carbocycles. The molecule has 52 valence electrons. The summed E-state index contributed by atoms with van der Waals surface area (Å²) in [6.07, 6.45) is 3.65. The van der Waals surface area contributed by atoms with Gasteiger partial charge in [-0.3, -0.25) is 9.67 Å². The molecule has 0 unspecified atom stereocenters. The van der Waals surface area contributed by atoms with Crippen molar-refractivity contribution < 1.29 is 0 Å². The van der Waals surface area contributed by atoms with E-state index in [1.165, 1.54) is 0 Å². The molecule has 0 radical (unpaired) electrons. The van der Waals surface area contributed by atoms with Crippen LogP contribution in [0, 0.1) is 0 Å². The van der Waals surface area contributed by atoms with Crippen molar-refractivity contribution in [3.63, 3.8) is 0 Å². The summed E-state index contributed by atoms with van der Waals surface area (Å²) in [4.78, 5) is 4.14. The van der Waals surface area contributed by atoms with E-state index in [9.17, 15) is 0 Å². The summed E-state index contributed by atoms with van der Waals surface area (Å²) in [5.74, 6) is 0. The van der Waals surface area contributed by atoms with Crippen LogP contribution in [0.5, 0.6) is 0 Å². The monoisotopic (exact) mass is 199 g/mol. The van der Waals surface area contributed by atoms with Crippen LogP contribution in [-0.4, -0.2) is 22.5 Å². The number of rotatable bonds is 0. The van der Waals surface area contributed by atoms with E-state index in [1.807, 2.05) is 10.9 Å². The van der Waals surface area contributed by atoms with Crippen LogP contribution >= 0.6 is 15.9 Å². The van der Waals surface area contributed by atoms with Crippen LogP contribution in [-0.2, 0) is 6.54 Å². The largest absolute Gasteiger partial charge is 0.289 e. The SMILES string of the molecule is Brc1cnn2c1C=NCC2. The first-order valence-corrected chi connectivity index (χ1v) is 3.88. The van der Waals surface area contributed by atoms with Crippen molar-refractivity contribution in [1.82, 2.24) is 9.78 Å². The van der Waals surface area contributed by atoms with Gasteiger partial charge in [-0.25, -0.2) is 0 Å². The third-order valence-corrected chi connectivity index (χ3v) is 2.10. The lowest BCUT2D eigenvalue weighted by atomic mass is 10.4. The fourth-order valence-electron chi connectivity index (χ4n) is 0.982. The molecule has 1 aromatic heterocycles. The molecule has 0 amide bonds. The van der Waals surface area contributed by atoms with E-state index in [0.29, 0.717) is 0 Å². The Bertz CT molecular complexity index is 277. The molecule has 0 N–H and O–H groups in total. The third-order valence-electron chi connectivity index (χ3n) is 1.49. The molecule has 0 aliphatic carbocycles. The highest BCUT2D eigenvalue weighted by atomic mass is 79.9. The first-order valence-electron chi connectivity index (χ1n) is 3.09. The third kappa shape index (κ3) is 0.794. The zero-order chi connectivity index (χ0) is 6.97. The van der Waals surface area contributed by atoms with Gasteiger partial charge < -0.3 is 0 Å². The number of halogens is 1. The van der Waals surface area contributed by atoms with Crippen molar-refractivity contribution in [2.45, 2.75) is 6.54 Å². The molecule has 1 aliphatic heterocycles. The quantitative estimate of drug-likeness (QED) is 0.616. The normalized spacial score (nSPS) is 15.3. The molecule has 0 atom stereocenters. The number of fused-ring (bicyclic) bond motifs is 1. The maximum Gasteiger partial charge on any atom is 0.0931 e. The Balaban J connectivity index is 2.57. The second-order valence-electron chi connectivity index (χ2n) is 2.14. The summed E-state index contributed by atoms with van der Waals surface area (Å²) in [7, 11) is 0. The number of aliphatic imine (C=N–C) groups is 1. The summed E-state index contributed by atoms with van der Waals surface area (Å²) in [5.41, 5.74) is 1.08. The number of aromatic nitrogens is 2. The Hall–Kier alpha value is -0.640. The Morgan fingerprint density at radius 1 is 1.60 bits per heavy atom. The minimum Gasteiger partial charge on any atom is -0.289 e. The molecular formula is C6H6BrN3. The van der Waals surface area contributed by atoms with Crippen LogP contribution < -0.4 is 0 Å². The molecule has 0 spiro atoms. The van der Waals surface area contributed by atoms with Crippen molar-refractivity contribution in [2.75, 3.05) is 6.54 Å². The standard InChI is InChI=1S/C6H6BrN3/c7-5-3-9-10-2-1-8-4-6(5)10/h3-4H,1-2H2. The van der Waals surface area contributed by atoms with Gasteiger partial charge in [-0.15, -0.1) is 0 Å². The lowest BCUT2D eigenvalue weighted by Crippen LogP contribution is -2.11. The van der Waals surface area contributed by atoms with Gasteiger partial charge in [0, 0.05) is 6.21 Å². The van der Waals surface area contributed by atoms with E-state index in [-0.39, 0.29) is 0 Å². The fraction of sp³-hybridized carbons (Fsp3) is 0.333. The average Bonchev–Trinajstić information content (AvgIpc) is 2.34. The Morgan fingerprint density at radius 3 is 3.30 bits per heavy atom. The van der Waals surface area contributed by atoms with Gasteiger partial charge in [-0.1, -0.05) is 0 Å². The molecule has 1 aliphatic rings. The van der Waals surface area contributed by atoms with Gasteiger partial charge in [-0.2, -0.15) is 5.10 Å². The van der Waals surface area contributed by atoms with Crippen molar-refractivity contribution in [3.8, 4) is 0 Å². The van der Waals surface area contributed by atoms with Gasteiger partial charge in [0.25, 0.3) is 0 Å². The van der Waals surface area contributed by atoms with Crippen LogP contribution in [0.4, 0.5) is 0 Å². The maximum absolute atomic E-state index is 4.14. The molecule has 0 fully saturated rings. The van der Waals surface area contributed by atoms with Crippen LogP contribution in [0.15, 0.2) is 15.7 Å². The second-order valence-corrected chi connectivity index (χ2v) is 2.99. The lowest BCUT2D eigenvalue weighted by molar-refractivity contribution is 0.610. The van der Waals surface area contributed by atoms with Crippen molar-refractivity contribution in [3.05, 3.63) is 16.4 Å². The lowest BCUT2D eigenvalue weighted by Gasteiger charge is -2.06. The highest BCUT2D eigenvalue weighted by molar-refractivity contribution is 9.10. The zero-order valence-electron chi connectivity index (χ0n) is 5.29. The predicted molar refractivity (Wildman–Crippen MR) is 42.4 cm³/mol. The molecule has 0 bridgehead atoms. The smallest absolute Gasteiger partial charge is 0.0931 e. The first-order chi connectivity index (χ1) is 4.88. The van der Waals surface area contributed by atoms with Crippen LogP contribution in [0.25, 0.3) is 0 Å². The van der Waals surface area contributed by atoms with E-state index in [1.54, 1.807) is 6.20 Å². The number of nitrogens with zero attached hydrogens (tertiary/aromatic N) is 3. The van der Waals surface area contributed by atoms with Crippen LogP contribution in [0.2, 0.25) is 0 Å². The topological polar surface area (TPSA) is 30.2 Å². The van der Waals surface area contributed by atoms with E-state index in [2.05, 4.69) is 26.0 Å². The summed E-state index contributed by atoms with van der Waals surface area (Å²) in [6, 6.07) is 0. The van der Waals surface area contributed by atoms with E-state index in [0.717, 1.165) is 23.3 Å². The minimum atomic E-state index is 0.848. The van der Waals surface area contributed by atoms with Gasteiger partial charge in [0.1, 0.15) is 0 Å². The van der Waals surface area contributed by atoms with E-state index in [4.69, 9.17) is 0 Å². The van der Waals surface area contributed by atoms with Crippen molar-refractivity contribution in [2.24, 2.45) is 4.99 Å². The summed E-state index contributed by atoms with van der Waals surface area (Å²) >= 11 is 3.38. The van der Waals surface area contributed by atoms with Crippen molar-refractivity contribution in [1.29, 1.82) is 0 Å². The van der Waals surface area contributed by atoms with Gasteiger partial charge in [0.15, 0.2) is 0 Å². The molecule has 0 saturated carbocycles. The van der Waals surface area contributed by atoms with E-state index >= 15 is 0 Å². The first kappa shape index (κ1) is 6.09. The molecule has 10 heavy (non-hydrogen) atoms. The second kappa shape index (κ2) is 2.20. The molecule has 2 rings (SSSR count). The van der Waals surface area contributed by atoms with Crippen LogP contribution in [0.1, 0.15) is 5.69 Å². The molecule has 3 nitrogen and oxygen atoms in total. The van der Waals surface area contributed by atoms with Gasteiger partial charge in [0.2, 0.25) is 0 Å². The number of hydrogen-bond acceptors (Lipinski definition) is 2. The molecule has 0 saturated heterocycles. The molecular weight excluding hydrogens is 194 g/mol. The summed E-state index contributed by atoms with van der Waals surface area (Å²) in [6.45, 7) is 1.75. The Kier molecular flexibility index (Phi) is 1.34. The Labute approximate surface area is 66.9 Å². The molecule has 4 heteroatoms. The van der Waals surface area contributed by atoms with Gasteiger partial charge >= 0.3 is 0 Å².